The zero-order chi connectivity index (χ0) is 14.9. The van der Waals surface area contributed by atoms with Crippen LogP contribution in [0.15, 0.2) is 30.3 Å². The first kappa shape index (κ1) is 14.2. The SMILES string of the molecule is Cc1cc(C)c(NC(=O)c2ccc(O)c(Cl)c2)cc1N. The number of nitrogen functional groups attached to an aromatic ring is 1. The smallest absolute Gasteiger partial charge is 0.255 e. The molecule has 0 radical (unpaired) electrons. The number of hydrogen-bond acceptors (Lipinski definition) is 3. The number of nitrogens with two attached hydrogens (primary N) is 1. The van der Waals surface area contributed by atoms with Crippen LogP contribution in [0.5, 0.6) is 5.75 Å². The van der Waals surface area contributed by atoms with Gasteiger partial charge in [-0.1, -0.05) is 17.7 Å². The minimum Gasteiger partial charge on any atom is -0.506 e. The Labute approximate surface area is 122 Å². The lowest BCUT2D eigenvalue weighted by molar-refractivity contribution is 0.102. The summed E-state index contributed by atoms with van der Waals surface area (Å²) in [6.07, 6.45) is 0. The number of hydrogen-bond donors (Lipinski definition) is 3. The number of benzene rings is 2. The van der Waals surface area contributed by atoms with Gasteiger partial charge in [-0.3, -0.25) is 4.79 Å². The standard InChI is InChI=1S/C15H15ClN2O2/c1-8-5-9(2)13(7-12(8)17)18-15(20)10-3-4-14(19)11(16)6-10/h3-7,19H,17H2,1-2H3,(H,18,20). The molecule has 2 aromatic carbocycles. The van der Waals surface area contributed by atoms with E-state index < -0.39 is 0 Å². The van der Waals surface area contributed by atoms with E-state index in [0.717, 1.165) is 11.1 Å². The molecule has 0 bridgehead atoms. The number of amides is 1. The molecule has 1 amide bonds. The highest BCUT2D eigenvalue weighted by Crippen LogP contribution is 2.26. The molecule has 20 heavy (non-hydrogen) atoms. The molecule has 0 aliphatic heterocycles. The number of halogens is 1. The zero-order valence-corrected chi connectivity index (χ0v) is 12.0. The number of carbonyl (C=O) groups is 1. The van der Waals surface area contributed by atoms with E-state index in [2.05, 4.69) is 5.32 Å². The summed E-state index contributed by atoms with van der Waals surface area (Å²) >= 11 is 5.79. The Balaban J connectivity index is 2.27. The van der Waals surface area contributed by atoms with Crippen LogP contribution in [-0.4, -0.2) is 11.0 Å². The maximum Gasteiger partial charge on any atom is 0.255 e. The summed E-state index contributed by atoms with van der Waals surface area (Å²) in [6.45, 7) is 3.81. The Morgan fingerprint density at radius 2 is 1.90 bits per heavy atom. The van der Waals surface area contributed by atoms with Gasteiger partial charge in [0.1, 0.15) is 5.75 Å². The van der Waals surface area contributed by atoms with Gasteiger partial charge in [0.05, 0.1) is 5.02 Å². The van der Waals surface area contributed by atoms with Gasteiger partial charge >= 0.3 is 0 Å². The predicted octanol–water partition coefficient (Wildman–Crippen LogP) is 3.50. The fourth-order valence-corrected chi connectivity index (χ4v) is 2.03. The van der Waals surface area contributed by atoms with E-state index in [-0.39, 0.29) is 16.7 Å². The van der Waals surface area contributed by atoms with Crippen LogP contribution in [0.3, 0.4) is 0 Å². The Morgan fingerprint density at radius 3 is 2.55 bits per heavy atom. The Hall–Kier alpha value is -2.20. The van der Waals surface area contributed by atoms with Crippen molar-refractivity contribution in [3.8, 4) is 5.75 Å². The first-order chi connectivity index (χ1) is 9.38. The average molecular weight is 291 g/mol. The summed E-state index contributed by atoms with van der Waals surface area (Å²) in [6, 6.07) is 7.94. The molecular formula is C15H15ClN2O2. The van der Waals surface area contributed by atoms with E-state index in [9.17, 15) is 9.90 Å². The lowest BCUT2D eigenvalue weighted by Gasteiger charge is -2.11. The lowest BCUT2D eigenvalue weighted by Crippen LogP contribution is -2.13. The third kappa shape index (κ3) is 2.86. The highest BCUT2D eigenvalue weighted by molar-refractivity contribution is 6.32. The van der Waals surface area contributed by atoms with Gasteiger partial charge in [0.25, 0.3) is 5.91 Å². The number of aromatic hydroxyl groups is 1. The van der Waals surface area contributed by atoms with Gasteiger partial charge in [0.15, 0.2) is 0 Å². The molecule has 0 atom stereocenters. The topological polar surface area (TPSA) is 75.3 Å². The molecule has 0 heterocycles. The van der Waals surface area contributed by atoms with Gasteiger partial charge in [-0.05, 0) is 49.2 Å². The van der Waals surface area contributed by atoms with Crippen molar-refractivity contribution in [2.45, 2.75) is 13.8 Å². The predicted molar refractivity (Wildman–Crippen MR) is 81.4 cm³/mol. The normalized spacial score (nSPS) is 10.3. The number of anilines is 2. The Bertz CT molecular complexity index is 684. The van der Waals surface area contributed by atoms with Gasteiger partial charge < -0.3 is 16.2 Å². The van der Waals surface area contributed by atoms with Crippen LogP contribution < -0.4 is 11.1 Å². The van der Waals surface area contributed by atoms with Crippen LogP contribution in [0.2, 0.25) is 5.02 Å². The number of phenols is 1. The van der Waals surface area contributed by atoms with E-state index in [1.54, 1.807) is 6.07 Å². The highest BCUT2D eigenvalue weighted by Gasteiger charge is 2.11. The molecule has 0 aliphatic rings. The van der Waals surface area contributed by atoms with E-state index in [1.807, 2.05) is 19.9 Å². The molecule has 2 aromatic rings. The van der Waals surface area contributed by atoms with Gasteiger partial charge in [-0.25, -0.2) is 0 Å². The minimum atomic E-state index is -0.307. The molecule has 0 saturated carbocycles. The number of rotatable bonds is 2. The monoisotopic (exact) mass is 290 g/mol. The van der Waals surface area contributed by atoms with Crippen LogP contribution >= 0.6 is 11.6 Å². The second-order valence-corrected chi connectivity index (χ2v) is 5.05. The van der Waals surface area contributed by atoms with Crippen molar-refractivity contribution in [3.63, 3.8) is 0 Å². The third-order valence-corrected chi connectivity index (χ3v) is 3.37. The summed E-state index contributed by atoms with van der Waals surface area (Å²) in [7, 11) is 0. The minimum absolute atomic E-state index is 0.0565. The van der Waals surface area contributed by atoms with Crippen LogP contribution in [0.25, 0.3) is 0 Å². The number of nitrogens with one attached hydrogen (secondary N) is 1. The molecule has 5 heteroatoms. The van der Waals surface area contributed by atoms with Crippen molar-refractivity contribution in [1.82, 2.24) is 0 Å². The Morgan fingerprint density at radius 1 is 1.20 bits per heavy atom. The average Bonchev–Trinajstić information content (AvgIpc) is 2.39. The fraction of sp³-hybridized carbons (Fsp3) is 0.133. The molecule has 2 rings (SSSR count). The molecule has 0 fully saturated rings. The zero-order valence-electron chi connectivity index (χ0n) is 11.2. The van der Waals surface area contributed by atoms with Crippen molar-refractivity contribution in [2.75, 3.05) is 11.1 Å². The molecule has 4 nitrogen and oxygen atoms in total. The first-order valence-corrected chi connectivity index (χ1v) is 6.43. The van der Waals surface area contributed by atoms with Crippen LogP contribution in [-0.2, 0) is 0 Å². The lowest BCUT2D eigenvalue weighted by atomic mass is 10.1. The van der Waals surface area contributed by atoms with Crippen molar-refractivity contribution in [1.29, 1.82) is 0 Å². The van der Waals surface area contributed by atoms with E-state index in [1.165, 1.54) is 18.2 Å². The largest absolute Gasteiger partial charge is 0.506 e. The third-order valence-electron chi connectivity index (χ3n) is 3.07. The van der Waals surface area contributed by atoms with Crippen LogP contribution in [0.1, 0.15) is 21.5 Å². The van der Waals surface area contributed by atoms with Crippen LogP contribution in [0, 0.1) is 13.8 Å². The molecule has 0 saturated heterocycles. The molecule has 0 unspecified atom stereocenters. The van der Waals surface area contributed by atoms with E-state index >= 15 is 0 Å². The fourth-order valence-electron chi connectivity index (χ4n) is 1.85. The summed E-state index contributed by atoms with van der Waals surface area (Å²) in [5.74, 6) is -0.364. The number of phenolic OH excluding ortho intramolecular Hbond substituents is 1. The van der Waals surface area contributed by atoms with Crippen molar-refractivity contribution >= 4 is 28.9 Å². The van der Waals surface area contributed by atoms with Gasteiger partial charge in [0, 0.05) is 16.9 Å². The number of carbonyl (C=O) groups excluding carboxylic acids is 1. The molecular weight excluding hydrogens is 276 g/mol. The molecule has 104 valence electrons. The van der Waals surface area contributed by atoms with Crippen molar-refractivity contribution < 1.29 is 9.90 Å². The van der Waals surface area contributed by atoms with Crippen molar-refractivity contribution in [3.05, 3.63) is 52.0 Å². The molecule has 4 N–H and O–H groups in total. The van der Waals surface area contributed by atoms with Crippen LogP contribution in [0.4, 0.5) is 11.4 Å². The van der Waals surface area contributed by atoms with E-state index in [0.29, 0.717) is 16.9 Å². The second kappa shape index (κ2) is 5.43. The first-order valence-electron chi connectivity index (χ1n) is 6.05. The summed E-state index contributed by atoms with van der Waals surface area (Å²) in [5.41, 5.74) is 9.38. The quantitative estimate of drug-likeness (QED) is 0.741. The summed E-state index contributed by atoms with van der Waals surface area (Å²) in [4.78, 5) is 12.1. The highest BCUT2D eigenvalue weighted by atomic mass is 35.5. The molecule has 0 aromatic heterocycles. The van der Waals surface area contributed by atoms with Gasteiger partial charge in [-0.15, -0.1) is 0 Å². The van der Waals surface area contributed by atoms with Gasteiger partial charge in [0.2, 0.25) is 0 Å². The van der Waals surface area contributed by atoms with Gasteiger partial charge in [-0.2, -0.15) is 0 Å². The maximum atomic E-state index is 12.1. The molecule has 0 aliphatic carbocycles. The Kier molecular flexibility index (Phi) is 3.86. The molecule has 0 spiro atoms. The maximum absolute atomic E-state index is 12.1. The summed E-state index contributed by atoms with van der Waals surface area (Å²) < 4.78 is 0. The second-order valence-electron chi connectivity index (χ2n) is 4.64. The van der Waals surface area contributed by atoms with E-state index in [4.69, 9.17) is 17.3 Å². The number of aryl methyl sites for hydroxylation is 2. The van der Waals surface area contributed by atoms with Crippen molar-refractivity contribution in [2.24, 2.45) is 0 Å². The summed E-state index contributed by atoms with van der Waals surface area (Å²) in [5, 5.41) is 12.3.